The van der Waals surface area contributed by atoms with Gasteiger partial charge in [0.05, 0.1) is 30.9 Å². The molecule has 0 spiro atoms. The largest absolute Gasteiger partial charge is 0.378 e. The molecule has 6 nitrogen and oxygen atoms in total. The van der Waals surface area contributed by atoms with Crippen molar-refractivity contribution in [1.82, 2.24) is 4.98 Å². The topological polar surface area (TPSA) is 72.5 Å². The van der Waals surface area contributed by atoms with Crippen molar-refractivity contribution in [2.45, 2.75) is 6.04 Å². The molecule has 1 atom stereocenters. The molecule has 0 aliphatic rings. The Labute approximate surface area is 146 Å². The highest BCUT2D eigenvalue weighted by Gasteiger charge is 2.19. The number of rotatable bonds is 6. The summed E-state index contributed by atoms with van der Waals surface area (Å²) in [6.07, 6.45) is 3.20. The smallest absolute Gasteiger partial charge is 0.278 e. The summed E-state index contributed by atoms with van der Waals surface area (Å²) in [5, 5.41) is 16.0. The number of quaternary nitrogens is 1. The van der Waals surface area contributed by atoms with Gasteiger partial charge in [0.1, 0.15) is 6.04 Å². The molecule has 128 valence electrons. The van der Waals surface area contributed by atoms with Crippen LogP contribution in [0.3, 0.4) is 0 Å². The SMILES string of the molecule is C[NH+](C)[C@H](CNc1ccc([N+](=O)[O-])c2cnccc12)c1ccccc1. The minimum absolute atomic E-state index is 0.0755. The molecule has 0 bridgehead atoms. The van der Waals surface area contributed by atoms with E-state index < -0.39 is 0 Å². The molecule has 2 N–H and O–H groups in total. The number of fused-ring (bicyclic) bond motifs is 1. The fourth-order valence-corrected chi connectivity index (χ4v) is 3.04. The predicted molar refractivity (Wildman–Crippen MR) is 98.9 cm³/mol. The molecule has 1 heterocycles. The summed E-state index contributed by atoms with van der Waals surface area (Å²) >= 11 is 0. The van der Waals surface area contributed by atoms with Crippen LogP contribution in [0, 0.1) is 10.1 Å². The number of nitrogens with one attached hydrogen (secondary N) is 2. The van der Waals surface area contributed by atoms with Gasteiger partial charge in [-0.05, 0) is 12.1 Å². The van der Waals surface area contributed by atoms with Gasteiger partial charge in [-0.1, -0.05) is 30.3 Å². The number of nitro benzene ring substituents is 1. The maximum Gasteiger partial charge on any atom is 0.278 e. The maximum absolute atomic E-state index is 11.2. The molecular weight excluding hydrogens is 316 g/mol. The number of non-ortho nitro benzene ring substituents is 1. The normalized spacial score (nSPS) is 12.3. The van der Waals surface area contributed by atoms with Crippen molar-refractivity contribution in [3.05, 3.63) is 76.6 Å². The minimum atomic E-state index is -0.371. The van der Waals surface area contributed by atoms with Gasteiger partial charge in [-0.25, -0.2) is 0 Å². The first-order valence-corrected chi connectivity index (χ1v) is 8.18. The molecule has 3 rings (SSSR count). The Morgan fingerprint density at radius 3 is 2.56 bits per heavy atom. The lowest BCUT2D eigenvalue weighted by Crippen LogP contribution is -3.06. The monoisotopic (exact) mass is 337 g/mol. The molecular formula is C19H21N4O2+. The van der Waals surface area contributed by atoms with Crippen molar-refractivity contribution >= 4 is 22.1 Å². The van der Waals surface area contributed by atoms with Gasteiger partial charge in [0.2, 0.25) is 0 Å². The molecule has 2 aromatic carbocycles. The second kappa shape index (κ2) is 7.27. The number of nitrogens with zero attached hydrogens (tertiary/aromatic N) is 2. The number of benzene rings is 2. The van der Waals surface area contributed by atoms with Gasteiger partial charge in [0, 0.05) is 35.1 Å². The summed E-state index contributed by atoms with van der Waals surface area (Å²) in [6.45, 7) is 0.724. The van der Waals surface area contributed by atoms with Gasteiger partial charge < -0.3 is 10.2 Å². The number of hydrogen-bond acceptors (Lipinski definition) is 4. The van der Waals surface area contributed by atoms with E-state index in [2.05, 4.69) is 36.5 Å². The fraction of sp³-hybridized carbons (Fsp3) is 0.211. The van der Waals surface area contributed by atoms with Crippen molar-refractivity contribution in [2.24, 2.45) is 0 Å². The van der Waals surface area contributed by atoms with E-state index in [0.717, 1.165) is 17.6 Å². The third kappa shape index (κ3) is 3.59. The molecule has 0 saturated carbocycles. The third-order valence-electron chi connectivity index (χ3n) is 4.39. The van der Waals surface area contributed by atoms with Crippen molar-refractivity contribution in [3.63, 3.8) is 0 Å². The lowest BCUT2D eigenvalue weighted by Gasteiger charge is -2.23. The Bertz CT molecular complexity index is 881. The Morgan fingerprint density at radius 2 is 1.88 bits per heavy atom. The van der Waals surface area contributed by atoms with Crippen LogP contribution in [0.25, 0.3) is 10.8 Å². The quantitative estimate of drug-likeness (QED) is 0.535. The lowest BCUT2D eigenvalue weighted by molar-refractivity contribution is -0.890. The van der Waals surface area contributed by atoms with Crippen LogP contribution in [0.1, 0.15) is 11.6 Å². The molecule has 0 aliphatic carbocycles. The number of anilines is 1. The molecule has 3 aromatic rings. The van der Waals surface area contributed by atoms with Gasteiger partial charge in [-0.15, -0.1) is 0 Å². The molecule has 25 heavy (non-hydrogen) atoms. The molecule has 6 heteroatoms. The van der Waals surface area contributed by atoms with E-state index in [1.807, 2.05) is 24.3 Å². The van der Waals surface area contributed by atoms with Crippen LogP contribution in [-0.2, 0) is 0 Å². The number of hydrogen-bond donors (Lipinski definition) is 2. The molecule has 0 fully saturated rings. The van der Waals surface area contributed by atoms with E-state index in [1.54, 1.807) is 18.5 Å². The second-order valence-corrected chi connectivity index (χ2v) is 6.23. The summed E-state index contributed by atoms with van der Waals surface area (Å²) in [5.74, 6) is 0. The zero-order valence-electron chi connectivity index (χ0n) is 14.3. The average Bonchev–Trinajstić information content (AvgIpc) is 2.62. The molecule has 0 aliphatic heterocycles. The Morgan fingerprint density at radius 1 is 1.12 bits per heavy atom. The van der Waals surface area contributed by atoms with E-state index in [1.165, 1.54) is 16.5 Å². The standard InChI is InChI=1S/C19H20N4O2/c1-22(2)19(14-6-4-3-5-7-14)13-21-17-8-9-18(23(24)25)16-12-20-11-10-15(16)17/h3-12,19,21H,13H2,1-2H3/p+1/t19-/m1/s1. The summed E-state index contributed by atoms with van der Waals surface area (Å²) in [5.41, 5.74) is 2.21. The Balaban J connectivity index is 1.90. The van der Waals surface area contributed by atoms with Crippen molar-refractivity contribution < 1.29 is 9.82 Å². The summed E-state index contributed by atoms with van der Waals surface area (Å²) in [6, 6.07) is 15.7. The third-order valence-corrected chi connectivity index (χ3v) is 4.39. The van der Waals surface area contributed by atoms with Crippen LogP contribution >= 0.6 is 0 Å². The predicted octanol–water partition coefficient (Wildman–Crippen LogP) is 2.44. The fourth-order valence-electron chi connectivity index (χ4n) is 3.04. The van der Waals surface area contributed by atoms with Crippen LogP contribution < -0.4 is 10.2 Å². The summed E-state index contributed by atoms with van der Waals surface area (Å²) in [4.78, 5) is 16.2. The van der Waals surface area contributed by atoms with Gasteiger partial charge in [0.15, 0.2) is 0 Å². The Kier molecular flexibility index (Phi) is 4.90. The second-order valence-electron chi connectivity index (χ2n) is 6.23. The van der Waals surface area contributed by atoms with Crippen LogP contribution in [0.5, 0.6) is 0 Å². The van der Waals surface area contributed by atoms with Crippen LogP contribution in [0.2, 0.25) is 0 Å². The summed E-state index contributed by atoms with van der Waals surface area (Å²) in [7, 11) is 4.24. The maximum atomic E-state index is 11.2. The number of nitro groups is 1. The molecule has 1 aromatic heterocycles. The van der Waals surface area contributed by atoms with E-state index in [-0.39, 0.29) is 16.7 Å². The highest BCUT2D eigenvalue weighted by atomic mass is 16.6. The minimum Gasteiger partial charge on any atom is -0.378 e. The first kappa shape index (κ1) is 16.9. The van der Waals surface area contributed by atoms with Crippen LogP contribution in [0.15, 0.2) is 60.9 Å². The summed E-state index contributed by atoms with van der Waals surface area (Å²) < 4.78 is 0. The van der Waals surface area contributed by atoms with Gasteiger partial charge >= 0.3 is 0 Å². The zero-order chi connectivity index (χ0) is 17.8. The van der Waals surface area contributed by atoms with E-state index in [4.69, 9.17) is 0 Å². The molecule has 0 unspecified atom stereocenters. The number of pyridine rings is 1. The van der Waals surface area contributed by atoms with E-state index >= 15 is 0 Å². The van der Waals surface area contributed by atoms with Gasteiger partial charge in [-0.2, -0.15) is 0 Å². The molecule has 0 radical (unpaired) electrons. The average molecular weight is 337 g/mol. The first-order valence-electron chi connectivity index (χ1n) is 8.18. The molecule has 0 saturated heterocycles. The van der Waals surface area contributed by atoms with Gasteiger partial charge in [-0.3, -0.25) is 15.1 Å². The van der Waals surface area contributed by atoms with Crippen LogP contribution in [-0.4, -0.2) is 30.5 Å². The highest BCUT2D eigenvalue weighted by molar-refractivity contribution is 5.99. The first-order chi connectivity index (χ1) is 12.1. The lowest BCUT2D eigenvalue weighted by atomic mass is 10.1. The number of likely N-dealkylation sites (N-methyl/N-ethyl adjacent to an activating group) is 1. The van der Waals surface area contributed by atoms with Crippen molar-refractivity contribution in [1.29, 1.82) is 0 Å². The van der Waals surface area contributed by atoms with Crippen molar-refractivity contribution in [3.8, 4) is 0 Å². The number of aromatic nitrogens is 1. The van der Waals surface area contributed by atoms with E-state index in [0.29, 0.717) is 5.39 Å². The zero-order valence-corrected chi connectivity index (χ0v) is 14.3. The van der Waals surface area contributed by atoms with Gasteiger partial charge in [0.25, 0.3) is 5.69 Å². The van der Waals surface area contributed by atoms with Crippen molar-refractivity contribution in [2.75, 3.05) is 26.0 Å². The Hall–Kier alpha value is -2.99. The highest BCUT2D eigenvalue weighted by Crippen LogP contribution is 2.30. The molecule has 0 amide bonds. The van der Waals surface area contributed by atoms with E-state index in [9.17, 15) is 10.1 Å². The van der Waals surface area contributed by atoms with Crippen LogP contribution in [0.4, 0.5) is 11.4 Å².